The first-order chi connectivity index (χ1) is 9.24. The minimum atomic E-state index is -0.250. The number of halogens is 1. The molecule has 0 aliphatic heterocycles. The molecule has 0 bridgehead atoms. The summed E-state index contributed by atoms with van der Waals surface area (Å²) in [5, 5.41) is 7.84. The number of hydrogen-bond donors (Lipinski definition) is 2. The first kappa shape index (κ1) is 13.9. The summed E-state index contributed by atoms with van der Waals surface area (Å²) in [5.74, 6) is -0.250. The fourth-order valence-corrected chi connectivity index (χ4v) is 2.40. The zero-order valence-corrected chi connectivity index (χ0v) is 11.5. The van der Waals surface area contributed by atoms with Gasteiger partial charge in [0, 0.05) is 6.04 Å². The lowest BCUT2D eigenvalue weighted by molar-refractivity contribution is 0.412. The van der Waals surface area contributed by atoms with Gasteiger partial charge in [0.25, 0.3) is 0 Å². The topological polar surface area (TPSA) is 36.4 Å². The van der Waals surface area contributed by atoms with Crippen molar-refractivity contribution < 1.29 is 4.39 Å². The minimum absolute atomic E-state index is 0.250. The zero-order valence-electron chi connectivity index (χ0n) is 10.7. The number of nitrogens with one attached hydrogen (secondary N) is 2. The highest BCUT2D eigenvalue weighted by atomic mass is 32.1. The molecule has 2 N–H and O–H groups in total. The maximum atomic E-state index is 12.7. The summed E-state index contributed by atoms with van der Waals surface area (Å²) in [6.07, 6.45) is 7.81. The van der Waals surface area contributed by atoms with E-state index in [-0.39, 0.29) is 5.82 Å². The third-order valence-corrected chi connectivity index (χ3v) is 3.40. The Labute approximate surface area is 118 Å². The van der Waals surface area contributed by atoms with E-state index in [0.717, 1.165) is 5.56 Å². The van der Waals surface area contributed by atoms with Crippen LogP contribution in [0.1, 0.15) is 37.7 Å². The van der Waals surface area contributed by atoms with Crippen molar-refractivity contribution in [2.75, 3.05) is 0 Å². The SMILES string of the molecule is Fc1ccc(C=NNC(=S)NC2CCCCC2)cc1. The fraction of sp³-hybridized carbons (Fsp3) is 0.429. The molecule has 0 heterocycles. The largest absolute Gasteiger partial charge is 0.359 e. The van der Waals surface area contributed by atoms with Crippen molar-refractivity contribution in [2.45, 2.75) is 38.1 Å². The van der Waals surface area contributed by atoms with Crippen molar-refractivity contribution in [3.63, 3.8) is 0 Å². The predicted molar refractivity (Wildman–Crippen MR) is 79.7 cm³/mol. The molecule has 1 aliphatic rings. The predicted octanol–water partition coefficient (Wildman–Crippen LogP) is 2.96. The van der Waals surface area contributed by atoms with Gasteiger partial charge in [0.2, 0.25) is 0 Å². The molecule has 1 saturated carbocycles. The third kappa shape index (κ3) is 4.95. The Kier molecular flexibility index (Phi) is 5.27. The quantitative estimate of drug-likeness (QED) is 0.507. The zero-order chi connectivity index (χ0) is 13.5. The molecule has 1 fully saturated rings. The number of nitrogens with zero attached hydrogens (tertiary/aromatic N) is 1. The van der Waals surface area contributed by atoms with Gasteiger partial charge in [0.1, 0.15) is 5.82 Å². The molecule has 0 atom stereocenters. The summed E-state index contributed by atoms with van der Waals surface area (Å²) in [6, 6.07) is 6.60. The van der Waals surface area contributed by atoms with Gasteiger partial charge in [-0.3, -0.25) is 5.43 Å². The summed E-state index contributed by atoms with van der Waals surface area (Å²) in [4.78, 5) is 0. The van der Waals surface area contributed by atoms with E-state index >= 15 is 0 Å². The number of benzene rings is 1. The van der Waals surface area contributed by atoms with Crippen molar-refractivity contribution in [2.24, 2.45) is 5.10 Å². The van der Waals surface area contributed by atoms with Crippen LogP contribution in [0.4, 0.5) is 4.39 Å². The molecule has 2 rings (SSSR count). The first-order valence-corrected chi connectivity index (χ1v) is 7.00. The molecule has 0 amide bonds. The second-order valence-electron chi connectivity index (χ2n) is 4.73. The van der Waals surface area contributed by atoms with Crippen LogP contribution in [0.3, 0.4) is 0 Å². The van der Waals surface area contributed by atoms with Crippen LogP contribution in [-0.4, -0.2) is 17.4 Å². The van der Waals surface area contributed by atoms with E-state index in [0.29, 0.717) is 11.2 Å². The van der Waals surface area contributed by atoms with Crippen molar-refractivity contribution in [1.29, 1.82) is 0 Å². The summed E-state index contributed by atoms with van der Waals surface area (Å²) in [7, 11) is 0. The molecular formula is C14H18FN3S. The van der Waals surface area contributed by atoms with Crippen LogP contribution in [0, 0.1) is 5.82 Å². The molecule has 1 aromatic carbocycles. The van der Waals surface area contributed by atoms with Crippen molar-refractivity contribution in [1.82, 2.24) is 10.7 Å². The Bertz CT molecular complexity index is 439. The lowest BCUT2D eigenvalue weighted by atomic mass is 9.96. The molecule has 19 heavy (non-hydrogen) atoms. The van der Waals surface area contributed by atoms with Crippen LogP contribution in [0.5, 0.6) is 0 Å². The number of thiocarbonyl (C=S) groups is 1. The normalized spacial score (nSPS) is 16.5. The summed E-state index contributed by atoms with van der Waals surface area (Å²) < 4.78 is 12.7. The highest BCUT2D eigenvalue weighted by Crippen LogP contribution is 2.17. The first-order valence-electron chi connectivity index (χ1n) is 6.59. The van der Waals surface area contributed by atoms with E-state index in [4.69, 9.17) is 12.2 Å². The molecule has 0 aromatic heterocycles. The second-order valence-corrected chi connectivity index (χ2v) is 5.14. The lowest BCUT2D eigenvalue weighted by Crippen LogP contribution is -2.40. The Balaban J connectivity index is 1.74. The molecule has 1 aliphatic carbocycles. The van der Waals surface area contributed by atoms with Crippen molar-refractivity contribution in [3.05, 3.63) is 35.6 Å². The number of hydrazone groups is 1. The van der Waals surface area contributed by atoms with Crippen molar-refractivity contribution in [3.8, 4) is 0 Å². The highest BCUT2D eigenvalue weighted by Gasteiger charge is 2.13. The summed E-state index contributed by atoms with van der Waals surface area (Å²) >= 11 is 5.18. The van der Waals surface area contributed by atoms with E-state index in [9.17, 15) is 4.39 Å². The minimum Gasteiger partial charge on any atom is -0.359 e. The average Bonchev–Trinajstić information content (AvgIpc) is 2.42. The van der Waals surface area contributed by atoms with E-state index < -0.39 is 0 Å². The van der Waals surface area contributed by atoms with Gasteiger partial charge in [0.15, 0.2) is 5.11 Å². The van der Waals surface area contributed by atoms with Crippen LogP contribution in [0.15, 0.2) is 29.4 Å². The van der Waals surface area contributed by atoms with Gasteiger partial charge in [-0.1, -0.05) is 31.4 Å². The summed E-state index contributed by atoms with van der Waals surface area (Å²) in [6.45, 7) is 0. The second kappa shape index (κ2) is 7.19. The molecular weight excluding hydrogens is 261 g/mol. The molecule has 0 unspecified atom stereocenters. The smallest absolute Gasteiger partial charge is 0.187 e. The van der Waals surface area contributed by atoms with Crippen LogP contribution in [-0.2, 0) is 0 Å². The van der Waals surface area contributed by atoms with Crippen molar-refractivity contribution >= 4 is 23.5 Å². The Morgan fingerprint density at radius 1 is 1.21 bits per heavy atom. The fourth-order valence-electron chi connectivity index (χ4n) is 2.18. The van der Waals surface area contributed by atoms with Gasteiger partial charge in [0.05, 0.1) is 6.21 Å². The maximum Gasteiger partial charge on any atom is 0.187 e. The van der Waals surface area contributed by atoms with Crippen LogP contribution < -0.4 is 10.7 Å². The molecule has 3 nitrogen and oxygen atoms in total. The number of rotatable bonds is 3. The molecule has 0 saturated heterocycles. The average molecular weight is 279 g/mol. The lowest BCUT2D eigenvalue weighted by Gasteiger charge is -2.23. The van der Waals surface area contributed by atoms with E-state index in [1.165, 1.54) is 44.2 Å². The van der Waals surface area contributed by atoms with Gasteiger partial charge in [-0.25, -0.2) is 4.39 Å². The Morgan fingerprint density at radius 2 is 1.89 bits per heavy atom. The van der Waals surface area contributed by atoms with Gasteiger partial charge in [-0.05, 0) is 42.8 Å². The monoisotopic (exact) mass is 279 g/mol. The molecule has 0 radical (unpaired) electrons. The molecule has 102 valence electrons. The van der Waals surface area contributed by atoms with Crippen LogP contribution in [0.2, 0.25) is 0 Å². The van der Waals surface area contributed by atoms with E-state index in [1.807, 2.05) is 0 Å². The van der Waals surface area contributed by atoms with Gasteiger partial charge >= 0.3 is 0 Å². The molecule has 1 aromatic rings. The standard InChI is InChI=1S/C14H18FN3S/c15-12-8-6-11(7-9-12)10-16-18-14(19)17-13-4-2-1-3-5-13/h6-10,13H,1-5H2,(H2,17,18,19). The Hall–Kier alpha value is -1.49. The van der Waals surface area contributed by atoms with Gasteiger partial charge in [-0.15, -0.1) is 0 Å². The van der Waals surface area contributed by atoms with E-state index in [2.05, 4.69) is 15.8 Å². The molecule has 0 spiro atoms. The van der Waals surface area contributed by atoms with Crippen LogP contribution in [0.25, 0.3) is 0 Å². The van der Waals surface area contributed by atoms with E-state index in [1.54, 1.807) is 18.3 Å². The van der Waals surface area contributed by atoms with Gasteiger partial charge in [-0.2, -0.15) is 5.10 Å². The number of hydrogen-bond acceptors (Lipinski definition) is 2. The van der Waals surface area contributed by atoms with Gasteiger partial charge < -0.3 is 5.32 Å². The summed E-state index contributed by atoms with van der Waals surface area (Å²) in [5.41, 5.74) is 3.62. The Morgan fingerprint density at radius 3 is 2.58 bits per heavy atom. The maximum absolute atomic E-state index is 12.7. The highest BCUT2D eigenvalue weighted by molar-refractivity contribution is 7.80. The molecule has 5 heteroatoms. The third-order valence-electron chi connectivity index (χ3n) is 3.19. The van der Waals surface area contributed by atoms with Crippen LogP contribution >= 0.6 is 12.2 Å².